The standard InChI is InChI=1S/C15H14BrIN2O/c1-18-9-10-3-2-4-12(7-10)19-15(20)13-8-11(16)5-6-14(13)17/h2-8,18H,9H2,1H3,(H,19,20). The molecular weight excluding hydrogens is 431 g/mol. The smallest absolute Gasteiger partial charge is 0.256 e. The highest BCUT2D eigenvalue weighted by Gasteiger charge is 2.10. The maximum Gasteiger partial charge on any atom is 0.256 e. The molecule has 3 nitrogen and oxygen atoms in total. The third-order valence-corrected chi connectivity index (χ3v) is 4.17. The number of benzene rings is 2. The van der Waals surface area contributed by atoms with Crippen LogP contribution in [0.3, 0.4) is 0 Å². The summed E-state index contributed by atoms with van der Waals surface area (Å²) < 4.78 is 1.82. The molecule has 0 saturated carbocycles. The molecule has 5 heteroatoms. The largest absolute Gasteiger partial charge is 0.322 e. The predicted octanol–water partition coefficient (Wildman–Crippen LogP) is 4.03. The number of amides is 1. The Bertz CT molecular complexity index is 631. The van der Waals surface area contributed by atoms with Crippen molar-refractivity contribution in [2.24, 2.45) is 0 Å². The van der Waals surface area contributed by atoms with Gasteiger partial charge in [0, 0.05) is 20.3 Å². The van der Waals surface area contributed by atoms with Crippen molar-refractivity contribution in [2.45, 2.75) is 6.54 Å². The molecule has 1 amide bonds. The molecule has 2 rings (SSSR count). The van der Waals surface area contributed by atoms with Crippen molar-refractivity contribution >= 4 is 50.1 Å². The lowest BCUT2D eigenvalue weighted by atomic mass is 10.1. The third-order valence-electron chi connectivity index (χ3n) is 2.74. The molecule has 0 aliphatic rings. The summed E-state index contributed by atoms with van der Waals surface area (Å²) in [5, 5.41) is 6.03. The molecule has 0 aliphatic carbocycles. The lowest BCUT2D eigenvalue weighted by Gasteiger charge is -2.09. The second-order valence-corrected chi connectivity index (χ2v) is 6.39. The predicted molar refractivity (Wildman–Crippen MR) is 94.0 cm³/mol. The highest BCUT2D eigenvalue weighted by atomic mass is 127. The third kappa shape index (κ3) is 4.04. The minimum Gasteiger partial charge on any atom is -0.322 e. The summed E-state index contributed by atoms with van der Waals surface area (Å²) >= 11 is 5.55. The van der Waals surface area contributed by atoms with Crippen molar-refractivity contribution in [3.63, 3.8) is 0 Å². The van der Waals surface area contributed by atoms with Gasteiger partial charge in [-0.15, -0.1) is 0 Å². The maximum atomic E-state index is 12.3. The number of rotatable bonds is 4. The van der Waals surface area contributed by atoms with E-state index in [0.717, 1.165) is 25.8 Å². The summed E-state index contributed by atoms with van der Waals surface area (Å²) in [5.74, 6) is -0.0997. The first-order valence-corrected chi connectivity index (χ1v) is 7.97. The molecule has 0 unspecified atom stereocenters. The Labute approximate surface area is 140 Å². The van der Waals surface area contributed by atoms with Gasteiger partial charge >= 0.3 is 0 Å². The van der Waals surface area contributed by atoms with E-state index >= 15 is 0 Å². The molecule has 0 radical (unpaired) electrons. The molecule has 2 aromatic carbocycles. The molecule has 0 heterocycles. The van der Waals surface area contributed by atoms with Gasteiger partial charge in [0.05, 0.1) is 5.56 Å². The van der Waals surface area contributed by atoms with E-state index in [1.807, 2.05) is 49.5 Å². The van der Waals surface area contributed by atoms with Gasteiger partial charge in [-0.3, -0.25) is 4.79 Å². The van der Waals surface area contributed by atoms with E-state index in [1.165, 1.54) is 0 Å². The molecule has 0 saturated heterocycles. The molecule has 0 atom stereocenters. The highest BCUT2D eigenvalue weighted by molar-refractivity contribution is 14.1. The Morgan fingerprint density at radius 2 is 2.05 bits per heavy atom. The second-order valence-electron chi connectivity index (χ2n) is 4.31. The van der Waals surface area contributed by atoms with Crippen LogP contribution < -0.4 is 10.6 Å². The van der Waals surface area contributed by atoms with Crippen molar-refractivity contribution in [3.8, 4) is 0 Å². The monoisotopic (exact) mass is 444 g/mol. The number of hydrogen-bond acceptors (Lipinski definition) is 2. The Kier molecular flexibility index (Phi) is 5.56. The number of hydrogen-bond donors (Lipinski definition) is 2. The van der Waals surface area contributed by atoms with Gasteiger partial charge in [0.2, 0.25) is 0 Å². The molecule has 0 aliphatic heterocycles. The number of nitrogens with one attached hydrogen (secondary N) is 2. The van der Waals surface area contributed by atoms with Crippen molar-refractivity contribution in [1.29, 1.82) is 0 Å². The van der Waals surface area contributed by atoms with Gasteiger partial charge in [-0.25, -0.2) is 0 Å². The summed E-state index contributed by atoms with van der Waals surface area (Å²) in [7, 11) is 1.90. The van der Waals surface area contributed by atoms with Gasteiger partial charge in [0.1, 0.15) is 0 Å². The van der Waals surface area contributed by atoms with E-state index in [9.17, 15) is 4.79 Å². The molecule has 20 heavy (non-hydrogen) atoms. The fraction of sp³-hybridized carbons (Fsp3) is 0.133. The molecule has 0 spiro atoms. The van der Waals surface area contributed by atoms with Crippen molar-refractivity contribution in [3.05, 3.63) is 61.6 Å². The molecule has 2 N–H and O–H groups in total. The number of carbonyl (C=O) groups is 1. The number of carbonyl (C=O) groups excluding carboxylic acids is 1. The van der Waals surface area contributed by atoms with Crippen LogP contribution in [-0.4, -0.2) is 13.0 Å². The molecule has 0 aromatic heterocycles. The average Bonchev–Trinajstić information content (AvgIpc) is 2.42. The fourth-order valence-electron chi connectivity index (χ4n) is 1.83. The van der Waals surface area contributed by atoms with Crippen LogP contribution in [0.25, 0.3) is 0 Å². The van der Waals surface area contributed by atoms with Gasteiger partial charge in [-0.05, 0) is 65.5 Å². The normalized spacial score (nSPS) is 10.3. The lowest BCUT2D eigenvalue weighted by Crippen LogP contribution is -2.14. The van der Waals surface area contributed by atoms with Crippen LogP contribution in [0.4, 0.5) is 5.69 Å². The Hall–Kier alpha value is -0.920. The summed E-state index contributed by atoms with van der Waals surface area (Å²) in [4.78, 5) is 12.3. The molecule has 2 aromatic rings. The number of anilines is 1. The van der Waals surface area contributed by atoms with Gasteiger partial charge in [-0.1, -0.05) is 28.1 Å². The summed E-state index contributed by atoms with van der Waals surface area (Å²) in [6.45, 7) is 0.776. The quantitative estimate of drug-likeness (QED) is 0.699. The van der Waals surface area contributed by atoms with E-state index in [2.05, 4.69) is 49.2 Å². The van der Waals surface area contributed by atoms with E-state index < -0.39 is 0 Å². The summed E-state index contributed by atoms with van der Waals surface area (Å²) in [6.07, 6.45) is 0. The minimum atomic E-state index is -0.0997. The van der Waals surface area contributed by atoms with Crippen LogP contribution >= 0.6 is 38.5 Å². The summed E-state index contributed by atoms with van der Waals surface area (Å²) in [5.41, 5.74) is 2.60. The minimum absolute atomic E-state index is 0.0997. The molecule has 0 bridgehead atoms. The Morgan fingerprint density at radius 3 is 2.80 bits per heavy atom. The van der Waals surface area contributed by atoms with Gasteiger partial charge in [-0.2, -0.15) is 0 Å². The highest BCUT2D eigenvalue weighted by Crippen LogP contribution is 2.20. The van der Waals surface area contributed by atoms with Crippen LogP contribution in [-0.2, 0) is 6.54 Å². The van der Waals surface area contributed by atoms with E-state index in [-0.39, 0.29) is 5.91 Å². The number of halogens is 2. The van der Waals surface area contributed by atoms with Gasteiger partial charge < -0.3 is 10.6 Å². The topological polar surface area (TPSA) is 41.1 Å². The van der Waals surface area contributed by atoms with E-state index in [1.54, 1.807) is 0 Å². The zero-order valence-corrected chi connectivity index (χ0v) is 14.7. The van der Waals surface area contributed by atoms with Gasteiger partial charge in [0.25, 0.3) is 5.91 Å². The van der Waals surface area contributed by atoms with Crippen molar-refractivity contribution in [1.82, 2.24) is 5.32 Å². The van der Waals surface area contributed by atoms with Crippen LogP contribution in [0, 0.1) is 3.57 Å². The van der Waals surface area contributed by atoms with Crippen molar-refractivity contribution < 1.29 is 4.79 Å². The van der Waals surface area contributed by atoms with Crippen molar-refractivity contribution in [2.75, 3.05) is 12.4 Å². The summed E-state index contributed by atoms with van der Waals surface area (Å²) in [6, 6.07) is 13.5. The first-order chi connectivity index (χ1) is 9.60. The average molecular weight is 445 g/mol. The van der Waals surface area contributed by atoms with Crippen LogP contribution in [0.15, 0.2) is 46.9 Å². The lowest BCUT2D eigenvalue weighted by molar-refractivity contribution is 0.102. The van der Waals surface area contributed by atoms with E-state index in [4.69, 9.17) is 0 Å². The van der Waals surface area contributed by atoms with Crippen LogP contribution in [0.2, 0.25) is 0 Å². The van der Waals surface area contributed by atoms with Crippen LogP contribution in [0.5, 0.6) is 0 Å². The maximum absolute atomic E-state index is 12.3. The van der Waals surface area contributed by atoms with Crippen LogP contribution in [0.1, 0.15) is 15.9 Å². The van der Waals surface area contributed by atoms with Gasteiger partial charge in [0.15, 0.2) is 0 Å². The second kappa shape index (κ2) is 7.19. The SMILES string of the molecule is CNCc1cccc(NC(=O)c2cc(Br)ccc2I)c1. The molecule has 104 valence electrons. The molecular formula is C15H14BrIN2O. The fourth-order valence-corrected chi connectivity index (χ4v) is 2.77. The first kappa shape index (κ1) is 15.5. The first-order valence-electron chi connectivity index (χ1n) is 6.10. The Balaban J connectivity index is 2.19. The Morgan fingerprint density at radius 1 is 1.25 bits per heavy atom. The zero-order chi connectivity index (χ0) is 14.5. The zero-order valence-electron chi connectivity index (χ0n) is 10.9. The molecule has 0 fully saturated rings. The van der Waals surface area contributed by atoms with E-state index in [0.29, 0.717) is 5.56 Å².